The molecule has 0 amide bonds. The number of nitrogens with zero attached hydrogens (tertiary/aromatic N) is 3. The Hall–Kier alpha value is -2.62. The van der Waals surface area contributed by atoms with Crippen molar-refractivity contribution in [3.63, 3.8) is 0 Å². The Morgan fingerprint density at radius 3 is 2.30 bits per heavy atom. The van der Waals surface area contributed by atoms with Crippen LogP contribution in [0.1, 0.15) is 5.56 Å². The number of ether oxygens (including phenoxy) is 1. The van der Waals surface area contributed by atoms with E-state index in [1.165, 1.54) is 5.56 Å². The van der Waals surface area contributed by atoms with Crippen LogP contribution >= 0.6 is 0 Å². The third kappa shape index (κ3) is 2.40. The van der Waals surface area contributed by atoms with Crippen molar-refractivity contribution >= 4 is 0 Å². The molecule has 3 rings (SSSR count). The first-order valence-corrected chi connectivity index (χ1v) is 6.40. The molecule has 100 valence electrons. The predicted molar refractivity (Wildman–Crippen MR) is 78.1 cm³/mol. The van der Waals surface area contributed by atoms with E-state index >= 15 is 0 Å². The van der Waals surface area contributed by atoms with Crippen LogP contribution in [0.5, 0.6) is 5.75 Å². The summed E-state index contributed by atoms with van der Waals surface area (Å²) in [5.74, 6) is 0.833. The van der Waals surface area contributed by atoms with Crippen molar-refractivity contribution in [2.24, 2.45) is 0 Å². The van der Waals surface area contributed by atoms with E-state index in [2.05, 4.69) is 29.4 Å². The molecule has 3 aromatic rings. The lowest BCUT2D eigenvalue weighted by atomic mass is 10.1. The molecule has 0 aliphatic heterocycles. The fourth-order valence-electron chi connectivity index (χ4n) is 1.98. The maximum absolute atomic E-state index is 5.15. The van der Waals surface area contributed by atoms with Gasteiger partial charge in [0.25, 0.3) is 0 Å². The monoisotopic (exact) mass is 265 g/mol. The van der Waals surface area contributed by atoms with Crippen LogP contribution in [0, 0.1) is 6.92 Å². The highest BCUT2D eigenvalue weighted by Crippen LogP contribution is 2.21. The van der Waals surface area contributed by atoms with Crippen LogP contribution in [0.3, 0.4) is 0 Å². The molecule has 0 N–H and O–H groups in total. The molecule has 0 bridgehead atoms. The van der Waals surface area contributed by atoms with Gasteiger partial charge >= 0.3 is 0 Å². The number of aryl methyl sites for hydroxylation is 1. The fraction of sp³-hybridized carbons (Fsp3) is 0.125. The van der Waals surface area contributed by atoms with Crippen LogP contribution in [0.15, 0.2) is 54.7 Å². The van der Waals surface area contributed by atoms with E-state index in [0.717, 1.165) is 22.7 Å². The van der Waals surface area contributed by atoms with Gasteiger partial charge in [-0.05, 0) is 43.3 Å². The lowest BCUT2D eigenvalue weighted by Gasteiger charge is -2.00. The van der Waals surface area contributed by atoms with Gasteiger partial charge in [-0.1, -0.05) is 22.9 Å². The molecule has 20 heavy (non-hydrogen) atoms. The van der Waals surface area contributed by atoms with E-state index in [-0.39, 0.29) is 0 Å². The van der Waals surface area contributed by atoms with Crippen molar-refractivity contribution < 1.29 is 4.74 Å². The average Bonchev–Trinajstić information content (AvgIpc) is 2.98. The van der Waals surface area contributed by atoms with Gasteiger partial charge in [-0.15, -0.1) is 5.10 Å². The van der Waals surface area contributed by atoms with E-state index in [1.807, 2.05) is 42.6 Å². The van der Waals surface area contributed by atoms with Crippen LogP contribution < -0.4 is 4.74 Å². The molecule has 1 heterocycles. The molecule has 0 aliphatic rings. The van der Waals surface area contributed by atoms with Crippen molar-refractivity contribution in [2.45, 2.75) is 6.92 Å². The van der Waals surface area contributed by atoms with Crippen LogP contribution in [0.2, 0.25) is 0 Å². The van der Waals surface area contributed by atoms with Gasteiger partial charge in [-0.2, -0.15) is 0 Å². The lowest BCUT2D eigenvalue weighted by Crippen LogP contribution is -1.94. The van der Waals surface area contributed by atoms with E-state index < -0.39 is 0 Å². The summed E-state index contributed by atoms with van der Waals surface area (Å²) in [6.07, 6.45) is 1.92. The van der Waals surface area contributed by atoms with Crippen LogP contribution in [-0.4, -0.2) is 22.1 Å². The molecule has 0 saturated carbocycles. The van der Waals surface area contributed by atoms with Gasteiger partial charge in [0.15, 0.2) is 0 Å². The molecule has 0 unspecified atom stereocenters. The molecule has 0 fully saturated rings. The molecule has 0 aliphatic carbocycles. The Balaban J connectivity index is 1.91. The van der Waals surface area contributed by atoms with Crippen LogP contribution in [0.25, 0.3) is 16.9 Å². The first-order chi connectivity index (χ1) is 9.76. The summed E-state index contributed by atoms with van der Waals surface area (Å²) in [6, 6.07) is 16.0. The molecule has 0 spiro atoms. The third-order valence-corrected chi connectivity index (χ3v) is 3.18. The van der Waals surface area contributed by atoms with E-state index in [9.17, 15) is 0 Å². The second kappa shape index (κ2) is 5.17. The van der Waals surface area contributed by atoms with Gasteiger partial charge < -0.3 is 4.74 Å². The van der Waals surface area contributed by atoms with Gasteiger partial charge in [-0.25, -0.2) is 4.68 Å². The summed E-state index contributed by atoms with van der Waals surface area (Å²) in [4.78, 5) is 0. The molecule has 2 aromatic carbocycles. The normalized spacial score (nSPS) is 10.5. The number of methoxy groups -OCH3 is 1. The zero-order valence-electron chi connectivity index (χ0n) is 11.4. The maximum Gasteiger partial charge on any atom is 0.118 e. The van der Waals surface area contributed by atoms with Crippen molar-refractivity contribution in [1.82, 2.24) is 15.0 Å². The molecule has 1 aromatic heterocycles. The topological polar surface area (TPSA) is 39.9 Å². The van der Waals surface area contributed by atoms with E-state index in [4.69, 9.17) is 4.74 Å². The predicted octanol–water partition coefficient (Wildman–Crippen LogP) is 3.25. The summed E-state index contributed by atoms with van der Waals surface area (Å²) in [7, 11) is 1.66. The zero-order chi connectivity index (χ0) is 13.9. The highest BCUT2D eigenvalue weighted by molar-refractivity contribution is 5.59. The minimum Gasteiger partial charge on any atom is -0.497 e. The smallest absolute Gasteiger partial charge is 0.118 e. The number of hydrogen-bond donors (Lipinski definition) is 0. The fourth-order valence-corrected chi connectivity index (χ4v) is 1.98. The highest BCUT2D eigenvalue weighted by Gasteiger charge is 2.05. The van der Waals surface area contributed by atoms with Crippen molar-refractivity contribution in [3.8, 4) is 22.7 Å². The summed E-state index contributed by atoms with van der Waals surface area (Å²) < 4.78 is 6.93. The van der Waals surface area contributed by atoms with Gasteiger partial charge in [0, 0.05) is 5.56 Å². The zero-order valence-corrected chi connectivity index (χ0v) is 11.4. The third-order valence-electron chi connectivity index (χ3n) is 3.18. The van der Waals surface area contributed by atoms with Gasteiger partial charge in [0.05, 0.1) is 19.0 Å². The van der Waals surface area contributed by atoms with Crippen molar-refractivity contribution in [3.05, 3.63) is 60.3 Å². The minimum atomic E-state index is 0.833. The molecular weight excluding hydrogens is 250 g/mol. The molecule has 0 atom stereocenters. The summed E-state index contributed by atoms with van der Waals surface area (Å²) in [5, 5.41) is 8.38. The van der Waals surface area contributed by atoms with Crippen LogP contribution in [-0.2, 0) is 0 Å². The van der Waals surface area contributed by atoms with E-state index in [1.54, 1.807) is 11.8 Å². The Kier molecular flexibility index (Phi) is 3.21. The summed E-state index contributed by atoms with van der Waals surface area (Å²) in [6.45, 7) is 2.06. The molecule has 4 heteroatoms. The highest BCUT2D eigenvalue weighted by atomic mass is 16.5. The first-order valence-electron chi connectivity index (χ1n) is 6.40. The Bertz CT molecular complexity index is 699. The standard InChI is InChI=1S/C16H15N3O/c1-12-3-7-14(8-4-12)19-11-16(17-18-19)13-5-9-15(20-2)10-6-13/h3-11H,1-2H3. The number of aromatic nitrogens is 3. The van der Waals surface area contributed by atoms with Crippen molar-refractivity contribution in [2.75, 3.05) is 7.11 Å². The summed E-state index contributed by atoms with van der Waals surface area (Å²) in [5.41, 5.74) is 4.09. The van der Waals surface area contributed by atoms with E-state index in [0.29, 0.717) is 0 Å². The minimum absolute atomic E-state index is 0.833. The van der Waals surface area contributed by atoms with Gasteiger partial charge in [-0.3, -0.25) is 0 Å². The molecule has 0 saturated heterocycles. The molecule has 4 nitrogen and oxygen atoms in total. The largest absolute Gasteiger partial charge is 0.497 e. The SMILES string of the molecule is COc1ccc(-c2cn(-c3ccc(C)cc3)nn2)cc1. The second-order valence-electron chi connectivity index (χ2n) is 4.61. The Morgan fingerprint density at radius 1 is 0.950 bits per heavy atom. The first kappa shape index (κ1) is 12.4. The van der Waals surface area contributed by atoms with Gasteiger partial charge in [0.2, 0.25) is 0 Å². The number of hydrogen-bond acceptors (Lipinski definition) is 3. The summed E-state index contributed by atoms with van der Waals surface area (Å²) >= 11 is 0. The van der Waals surface area contributed by atoms with Crippen LogP contribution in [0.4, 0.5) is 0 Å². The quantitative estimate of drug-likeness (QED) is 0.729. The van der Waals surface area contributed by atoms with Gasteiger partial charge in [0.1, 0.15) is 11.4 Å². The molecular formula is C16H15N3O. The number of benzene rings is 2. The Labute approximate surface area is 117 Å². The average molecular weight is 265 g/mol. The lowest BCUT2D eigenvalue weighted by molar-refractivity contribution is 0.415. The second-order valence-corrected chi connectivity index (χ2v) is 4.61. The maximum atomic E-state index is 5.15. The Morgan fingerprint density at radius 2 is 1.65 bits per heavy atom. The van der Waals surface area contributed by atoms with Crippen molar-refractivity contribution in [1.29, 1.82) is 0 Å². The number of rotatable bonds is 3. The molecule has 0 radical (unpaired) electrons.